The van der Waals surface area contributed by atoms with Gasteiger partial charge in [0.15, 0.2) is 0 Å². The average molecular weight is 289 g/mol. The Morgan fingerprint density at radius 2 is 1.16 bits per heavy atom. The molecule has 2 aromatic rings. The van der Waals surface area contributed by atoms with Crippen LogP contribution in [-0.2, 0) is 0 Å². The van der Waals surface area contributed by atoms with Gasteiger partial charge in [-0.3, -0.25) is 0 Å². The van der Waals surface area contributed by atoms with E-state index in [1.54, 1.807) is 0 Å². The van der Waals surface area contributed by atoms with Crippen LogP contribution in [0.2, 0.25) is 0 Å². The van der Waals surface area contributed by atoms with Crippen molar-refractivity contribution in [3.8, 4) is 0 Å². The van der Waals surface area contributed by atoms with Crippen LogP contribution in [0.1, 0.15) is 13.8 Å². The smallest absolute Gasteiger partial charge is 0.0522 e. The molecule has 0 aliphatic carbocycles. The van der Waals surface area contributed by atoms with Crippen molar-refractivity contribution in [3.63, 3.8) is 0 Å². The predicted octanol–water partition coefficient (Wildman–Crippen LogP) is 5.65. The van der Waals surface area contributed by atoms with Crippen LogP contribution in [0, 0.1) is 0 Å². The second kappa shape index (κ2) is 7.51. The highest BCUT2D eigenvalue weighted by molar-refractivity contribution is 7.99. The molecule has 0 heterocycles. The molecule has 0 fully saturated rings. The summed E-state index contributed by atoms with van der Waals surface area (Å²) < 4.78 is 0. The number of para-hydroxylation sites is 2. The maximum absolute atomic E-state index is 3.57. The van der Waals surface area contributed by atoms with Crippen LogP contribution in [0.25, 0.3) is 0 Å². The van der Waals surface area contributed by atoms with Gasteiger partial charge in [-0.1, -0.05) is 38.1 Å². The summed E-state index contributed by atoms with van der Waals surface area (Å²) in [5.74, 6) is 2.17. The molecule has 0 unspecified atom stereocenters. The van der Waals surface area contributed by atoms with Crippen LogP contribution in [0.5, 0.6) is 0 Å². The van der Waals surface area contributed by atoms with Gasteiger partial charge in [-0.2, -0.15) is 0 Å². The van der Waals surface area contributed by atoms with Crippen LogP contribution in [0.4, 0.5) is 11.4 Å². The third-order valence-electron chi connectivity index (χ3n) is 2.64. The Morgan fingerprint density at radius 1 is 0.737 bits per heavy atom. The SMILES string of the molecule is CCSc1ccccc1Nc1ccccc1SCC. The van der Waals surface area contributed by atoms with Crippen LogP contribution in [-0.4, -0.2) is 11.5 Å². The van der Waals surface area contributed by atoms with Gasteiger partial charge in [-0.25, -0.2) is 0 Å². The first-order valence-corrected chi connectivity index (χ1v) is 8.53. The first kappa shape index (κ1) is 14.4. The number of hydrogen-bond acceptors (Lipinski definition) is 3. The highest BCUT2D eigenvalue weighted by Crippen LogP contribution is 2.33. The van der Waals surface area contributed by atoms with E-state index in [0.717, 1.165) is 11.5 Å². The Hall–Kier alpha value is -1.06. The molecular formula is C16H19NS2. The molecule has 1 nitrogen and oxygen atoms in total. The van der Waals surface area contributed by atoms with Gasteiger partial charge < -0.3 is 5.32 Å². The van der Waals surface area contributed by atoms with E-state index in [9.17, 15) is 0 Å². The van der Waals surface area contributed by atoms with Gasteiger partial charge in [-0.15, -0.1) is 23.5 Å². The normalized spacial score (nSPS) is 10.4. The van der Waals surface area contributed by atoms with Crippen molar-refractivity contribution < 1.29 is 0 Å². The highest BCUT2D eigenvalue weighted by Gasteiger charge is 2.05. The molecule has 0 atom stereocenters. The zero-order chi connectivity index (χ0) is 13.5. The number of hydrogen-bond donors (Lipinski definition) is 1. The third kappa shape index (κ3) is 3.95. The van der Waals surface area contributed by atoms with Gasteiger partial charge in [0.2, 0.25) is 0 Å². The van der Waals surface area contributed by atoms with E-state index in [1.165, 1.54) is 21.2 Å². The van der Waals surface area contributed by atoms with Crippen LogP contribution >= 0.6 is 23.5 Å². The summed E-state index contributed by atoms with van der Waals surface area (Å²) in [6, 6.07) is 17.0. The van der Waals surface area contributed by atoms with E-state index in [1.807, 2.05) is 23.5 Å². The lowest BCUT2D eigenvalue weighted by atomic mass is 10.2. The fourth-order valence-corrected chi connectivity index (χ4v) is 3.37. The van der Waals surface area contributed by atoms with E-state index in [2.05, 4.69) is 67.7 Å². The summed E-state index contributed by atoms with van der Waals surface area (Å²) in [7, 11) is 0. The van der Waals surface area contributed by atoms with Crippen molar-refractivity contribution in [3.05, 3.63) is 48.5 Å². The lowest BCUT2D eigenvalue weighted by Crippen LogP contribution is -1.94. The molecule has 100 valence electrons. The van der Waals surface area contributed by atoms with Crippen molar-refractivity contribution in [1.29, 1.82) is 0 Å². The van der Waals surface area contributed by atoms with Gasteiger partial charge in [0.1, 0.15) is 0 Å². The first-order valence-electron chi connectivity index (χ1n) is 6.55. The molecule has 0 aliphatic heterocycles. The molecular weight excluding hydrogens is 270 g/mol. The quantitative estimate of drug-likeness (QED) is 0.690. The fourth-order valence-electron chi connectivity index (χ4n) is 1.85. The molecule has 0 saturated heterocycles. The summed E-state index contributed by atoms with van der Waals surface area (Å²) in [4.78, 5) is 2.61. The molecule has 0 aromatic heterocycles. The molecule has 2 aromatic carbocycles. The van der Waals surface area contributed by atoms with Gasteiger partial charge in [0, 0.05) is 9.79 Å². The molecule has 2 rings (SSSR count). The third-order valence-corrected chi connectivity index (χ3v) is 4.55. The number of nitrogens with one attached hydrogen (secondary N) is 1. The maximum atomic E-state index is 3.57. The second-order valence-corrected chi connectivity index (χ2v) is 6.60. The standard InChI is InChI=1S/C16H19NS2/c1-3-18-15-11-7-5-9-13(15)17-14-10-6-8-12-16(14)19-4-2/h5-12,17H,3-4H2,1-2H3. The zero-order valence-corrected chi connectivity index (χ0v) is 13.0. The number of benzene rings is 2. The zero-order valence-electron chi connectivity index (χ0n) is 11.3. The largest absolute Gasteiger partial charge is 0.354 e. The highest BCUT2D eigenvalue weighted by atomic mass is 32.2. The molecule has 0 aliphatic rings. The summed E-state index contributed by atoms with van der Waals surface area (Å²) in [6.07, 6.45) is 0. The van der Waals surface area contributed by atoms with Crippen molar-refractivity contribution in [2.24, 2.45) is 0 Å². The van der Waals surface area contributed by atoms with Crippen LogP contribution in [0.15, 0.2) is 58.3 Å². The summed E-state index contributed by atoms with van der Waals surface area (Å²) in [5.41, 5.74) is 2.39. The lowest BCUT2D eigenvalue weighted by molar-refractivity contribution is 1.35. The Kier molecular flexibility index (Phi) is 5.67. The summed E-state index contributed by atoms with van der Waals surface area (Å²) >= 11 is 3.74. The summed E-state index contributed by atoms with van der Waals surface area (Å²) in [6.45, 7) is 4.37. The minimum Gasteiger partial charge on any atom is -0.354 e. The topological polar surface area (TPSA) is 12.0 Å². The first-order chi connectivity index (χ1) is 9.35. The number of thioether (sulfide) groups is 2. The predicted molar refractivity (Wildman–Crippen MR) is 89.0 cm³/mol. The van der Waals surface area contributed by atoms with Crippen molar-refractivity contribution >= 4 is 34.9 Å². The minimum atomic E-state index is 1.09. The maximum Gasteiger partial charge on any atom is 0.0522 e. The lowest BCUT2D eigenvalue weighted by Gasteiger charge is -2.14. The van der Waals surface area contributed by atoms with Gasteiger partial charge in [0.05, 0.1) is 11.4 Å². The Morgan fingerprint density at radius 3 is 1.58 bits per heavy atom. The van der Waals surface area contributed by atoms with Gasteiger partial charge >= 0.3 is 0 Å². The van der Waals surface area contributed by atoms with Crippen molar-refractivity contribution in [2.45, 2.75) is 23.6 Å². The molecule has 3 heteroatoms. The van der Waals surface area contributed by atoms with E-state index in [0.29, 0.717) is 0 Å². The van der Waals surface area contributed by atoms with E-state index in [-0.39, 0.29) is 0 Å². The monoisotopic (exact) mass is 289 g/mol. The van der Waals surface area contributed by atoms with Crippen LogP contribution in [0.3, 0.4) is 0 Å². The molecule has 0 spiro atoms. The van der Waals surface area contributed by atoms with E-state index in [4.69, 9.17) is 0 Å². The Labute approximate surface area is 124 Å². The molecule has 0 radical (unpaired) electrons. The molecule has 19 heavy (non-hydrogen) atoms. The molecule has 1 N–H and O–H groups in total. The fraction of sp³-hybridized carbons (Fsp3) is 0.250. The van der Waals surface area contributed by atoms with Crippen molar-refractivity contribution in [1.82, 2.24) is 0 Å². The second-order valence-electron chi connectivity index (χ2n) is 3.98. The molecule has 0 amide bonds. The summed E-state index contributed by atoms with van der Waals surface area (Å²) in [5, 5.41) is 3.57. The molecule has 0 saturated carbocycles. The van der Waals surface area contributed by atoms with Crippen molar-refractivity contribution in [2.75, 3.05) is 16.8 Å². The average Bonchev–Trinajstić information content (AvgIpc) is 2.44. The van der Waals surface area contributed by atoms with Gasteiger partial charge in [-0.05, 0) is 35.8 Å². The Balaban J connectivity index is 2.25. The van der Waals surface area contributed by atoms with Gasteiger partial charge in [0.25, 0.3) is 0 Å². The van der Waals surface area contributed by atoms with E-state index < -0.39 is 0 Å². The minimum absolute atomic E-state index is 1.09. The Bertz CT molecular complexity index is 478. The van der Waals surface area contributed by atoms with Crippen LogP contribution < -0.4 is 5.32 Å². The molecule has 0 bridgehead atoms. The number of rotatable bonds is 6. The number of anilines is 2. The van der Waals surface area contributed by atoms with E-state index >= 15 is 0 Å².